The average molecular weight is 1280 g/mol. The molecule has 0 amide bonds. The molecule has 4 heterocycles. The molecule has 0 unspecified atom stereocenters. The van der Waals surface area contributed by atoms with Crippen molar-refractivity contribution in [3.05, 3.63) is 332 Å². The van der Waals surface area contributed by atoms with E-state index in [1.807, 2.05) is 303 Å². The molecule has 10 nitrogen and oxygen atoms in total. The summed E-state index contributed by atoms with van der Waals surface area (Å²) in [6, 6.07) is 108. The summed E-state index contributed by atoms with van der Waals surface area (Å²) in [5.41, 5.74) is 10.3. The molecule has 2 aliphatic rings. The number of halogens is 1. The van der Waals surface area contributed by atoms with Gasteiger partial charge in [-0.3, -0.25) is 0 Å². The second kappa shape index (κ2) is 25.7. The molecule has 14 aromatic rings. The first-order valence-corrected chi connectivity index (χ1v) is 33.9. The highest BCUT2D eigenvalue weighted by molar-refractivity contribution is 9.10. The molecule has 16 rings (SSSR count). The second-order valence-electron chi connectivity index (χ2n) is 21.5. The third kappa shape index (κ3) is 11.7. The molecule has 91 heavy (non-hydrogen) atoms. The summed E-state index contributed by atoms with van der Waals surface area (Å²) >= 11 is 3.47. The van der Waals surface area contributed by atoms with Crippen molar-refractivity contribution in [2.75, 3.05) is 10.2 Å². The quantitative estimate of drug-likeness (QED) is 0.140. The molecule has 0 radical (unpaired) electrons. The van der Waals surface area contributed by atoms with Crippen molar-refractivity contribution in [2.24, 2.45) is 0 Å². The molecule has 2 aliphatic heterocycles. The molecule has 0 aliphatic carbocycles. The number of benzene rings is 12. The van der Waals surface area contributed by atoms with Crippen molar-refractivity contribution in [1.29, 1.82) is 0 Å². The first-order valence-electron chi connectivity index (χ1n) is 29.7. The zero-order chi connectivity index (χ0) is 61.6. The lowest BCUT2D eigenvalue weighted by molar-refractivity contribution is 0.591. The van der Waals surface area contributed by atoms with E-state index in [-0.39, 0.29) is 0 Å². The Hall–Kier alpha value is -10.8. The molecule has 12 aromatic carbocycles. The molecule has 436 valence electrons. The summed E-state index contributed by atoms with van der Waals surface area (Å²) in [5.74, 6) is 3.86. The van der Waals surface area contributed by atoms with Crippen molar-refractivity contribution < 1.29 is 9.13 Å². The van der Waals surface area contributed by atoms with Gasteiger partial charge >= 0.3 is 0 Å². The van der Waals surface area contributed by atoms with Gasteiger partial charge in [-0.1, -0.05) is 259 Å². The Bertz CT molecular complexity index is 4760. The number of nitrogens with zero attached hydrogens (tertiary/aromatic N) is 7. The summed E-state index contributed by atoms with van der Waals surface area (Å²) in [6.07, 6.45) is 0. The van der Waals surface area contributed by atoms with Crippen molar-refractivity contribution in [1.82, 2.24) is 29.9 Å². The fraction of sp³-hybridized carbons (Fsp3) is 0. The highest BCUT2D eigenvalue weighted by atomic mass is 79.9. The Morgan fingerprint density at radius 3 is 0.857 bits per heavy atom. The van der Waals surface area contributed by atoms with E-state index in [9.17, 15) is 4.57 Å². The monoisotopic (exact) mass is 1280 g/mol. The number of hydrogen-bond donors (Lipinski definition) is 1. The molecular weight excluding hydrogens is 1220 g/mol. The molecule has 13 heteroatoms. The number of aromatic nitrogens is 6. The molecule has 2 aromatic heterocycles. The molecule has 1 N–H and O–H groups in total. The van der Waals surface area contributed by atoms with Gasteiger partial charge < -0.3 is 19.3 Å². The van der Waals surface area contributed by atoms with E-state index in [1.165, 1.54) is 0 Å². The van der Waals surface area contributed by atoms with Gasteiger partial charge in [0.2, 0.25) is 0 Å². The van der Waals surface area contributed by atoms with Gasteiger partial charge in [-0.25, -0.2) is 29.9 Å². The van der Waals surface area contributed by atoms with Gasteiger partial charge in [0.15, 0.2) is 49.2 Å². The maximum Gasteiger partial charge on any atom is 0.175 e. The van der Waals surface area contributed by atoms with E-state index in [2.05, 4.69) is 55.4 Å². The van der Waals surface area contributed by atoms with Crippen LogP contribution in [0.25, 0.3) is 68.3 Å². The maximum atomic E-state index is 15.1. The molecular formula is C78H55BrN8O2P2. The Morgan fingerprint density at radius 1 is 0.264 bits per heavy atom. The summed E-state index contributed by atoms with van der Waals surface area (Å²) in [7, 11) is -5.91. The number of rotatable bonds is 9. The minimum atomic E-state index is -3.10. The normalized spacial score (nSPS) is 12.8. The lowest BCUT2D eigenvalue weighted by atomic mass is 10.1. The van der Waals surface area contributed by atoms with E-state index in [0.29, 0.717) is 34.9 Å². The first kappa shape index (κ1) is 57.9. The van der Waals surface area contributed by atoms with Crippen LogP contribution in [0.5, 0.6) is 0 Å². The highest BCUT2D eigenvalue weighted by Gasteiger charge is 2.41. The zero-order valence-corrected chi connectivity index (χ0v) is 52.3. The average Bonchev–Trinajstić information content (AvgIpc) is 0.735. The van der Waals surface area contributed by atoms with Crippen LogP contribution in [-0.4, -0.2) is 29.9 Å². The van der Waals surface area contributed by atoms with Crippen LogP contribution in [0.3, 0.4) is 0 Å². The van der Waals surface area contributed by atoms with Gasteiger partial charge in [0.05, 0.1) is 11.4 Å². The lowest BCUT2D eigenvalue weighted by Crippen LogP contribution is -2.36. The number of hydrogen-bond acceptors (Lipinski definition) is 10. The van der Waals surface area contributed by atoms with Crippen LogP contribution in [0.15, 0.2) is 332 Å². The highest BCUT2D eigenvalue weighted by Crippen LogP contribution is 2.54. The van der Waals surface area contributed by atoms with Gasteiger partial charge in [0, 0.05) is 86.7 Å². The van der Waals surface area contributed by atoms with E-state index in [1.54, 1.807) is 0 Å². The van der Waals surface area contributed by atoms with Gasteiger partial charge in [-0.2, -0.15) is 0 Å². The van der Waals surface area contributed by atoms with E-state index in [0.717, 1.165) is 98.1 Å². The zero-order valence-electron chi connectivity index (χ0n) is 48.9. The first-order chi connectivity index (χ1) is 44.8. The molecule has 0 atom stereocenters. The lowest BCUT2D eigenvalue weighted by Gasteiger charge is -2.37. The van der Waals surface area contributed by atoms with Crippen LogP contribution >= 0.6 is 30.2 Å². The maximum absolute atomic E-state index is 15.1. The Balaban J connectivity index is 0.000000132. The largest absolute Gasteiger partial charge is 0.354 e. The van der Waals surface area contributed by atoms with Crippen LogP contribution in [0.1, 0.15) is 0 Å². The standard InChI is InChI=1S/C39H27N4OP.C21H14BrN3.C18H14NOP/c44-45(32-18-8-3-9-19-32)35-22-12-10-20-33(35)43(34-21-11-13-23-36(34)45)31-26-24-30(25-27-31)39-41-37(28-14-4-1-5-15-28)40-38(42-39)29-16-6-2-7-17-29;22-18-13-11-17(12-14-18)21-24-19(15-7-3-1-4-8-15)23-20(25-21)16-9-5-2-6-10-16;20-21(14-8-2-1-3-9-14)17-12-6-4-10-15(17)19-16-11-5-7-13-18(16)21/h1-27H;1-14H;1-13,19H. The molecule has 0 spiro atoms. The van der Waals surface area contributed by atoms with Crippen molar-refractivity contribution in [2.45, 2.75) is 0 Å². The minimum Gasteiger partial charge on any atom is -0.354 e. The topological polar surface area (TPSA) is 127 Å². The van der Waals surface area contributed by atoms with Crippen LogP contribution in [0.2, 0.25) is 0 Å². The number of nitrogens with one attached hydrogen (secondary N) is 1. The van der Waals surface area contributed by atoms with Crippen LogP contribution in [-0.2, 0) is 9.13 Å². The molecule has 0 fully saturated rings. The Morgan fingerprint density at radius 2 is 0.516 bits per heavy atom. The third-order valence-electron chi connectivity index (χ3n) is 15.8. The molecule has 0 saturated heterocycles. The number of fused-ring (bicyclic) bond motifs is 4. The fourth-order valence-electron chi connectivity index (χ4n) is 11.4. The van der Waals surface area contributed by atoms with Gasteiger partial charge in [-0.15, -0.1) is 0 Å². The minimum absolute atomic E-state index is 0.599. The number of para-hydroxylation sites is 4. The Kier molecular flexibility index (Phi) is 16.4. The predicted molar refractivity (Wildman–Crippen MR) is 377 cm³/mol. The van der Waals surface area contributed by atoms with Crippen LogP contribution < -0.4 is 42.0 Å². The van der Waals surface area contributed by atoms with Gasteiger partial charge in [0.25, 0.3) is 0 Å². The smallest absolute Gasteiger partial charge is 0.175 e. The summed E-state index contributed by atoms with van der Waals surface area (Å²) in [4.78, 5) is 30.9. The van der Waals surface area contributed by atoms with Crippen molar-refractivity contribution >= 4 is 90.5 Å². The Labute approximate surface area is 536 Å². The van der Waals surface area contributed by atoms with E-state index >= 15 is 4.57 Å². The third-order valence-corrected chi connectivity index (χ3v) is 22.6. The summed E-state index contributed by atoms with van der Waals surface area (Å²) in [5, 5.41) is 8.53. The molecule has 0 saturated carbocycles. The van der Waals surface area contributed by atoms with Crippen molar-refractivity contribution in [3.8, 4) is 68.3 Å². The predicted octanol–water partition coefficient (Wildman–Crippen LogP) is 17.3. The van der Waals surface area contributed by atoms with E-state index in [4.69, 9.17) is 24.9 Å². The fourth-order valence-corrected chi connectivity index (χ4v) is 17.6. The summed E-state index contributed by atoms with van der Waals surface area (Å²) < 4.78 is 30.2. The van der Waals surface area contributed by atoms with Gasteiger partial charge in [0.1, 0.15) is 0 Å². The number of anilines is 5. The molecule has 0 bridgehead atoms. The summed E-state index contributed by atoms with van der Waals surface area (Å²) in [6.45, 7) is 0. The van der Waals surface area contributed by atoms with Crippen LogP contribution in [0, 0.1) is 0 Å². The second-order valence-corrected chi connectivity index (χ2v) is 27.8. The SMILES string of the molecule is Brc1ccc(-c2nc(-c3ccccc3)nc(-c3ccccc3)n2)cc1.O=P1(c2ccccc2)c2ccccc2N(c2ccc(-c3nc(-c4ccccc4)nc(-c4ccccc4)n3)cc2)c2ccccc21.O=P1(c2ccccc2)c2ccccc2Nc2ccccc21. The van der Waals surface area contributed by atoms with Crippen molar-refractivity contribution in [3.63, 3.8) is 0 Å². The van der Waals surface area contributed by atoms with Crippen LogP contribution in [0.4, 0.5) is 28.4 Å². The van der Waals surface area contributed by atoms with E-state index < -0.39 is 14.3 Å². The van der Waals surface area contributed by atoms with Gasteiger partial charge in [-0.05, 0) is 84.9 Å².